The number of aromatic nitrogens is 2. The normalized spacial score (nSPS) is 9.80. The quantitative estimate of drug-likeness (QED) is 0.444. The van der Waals surface area contributed by atoms with Gasteiger partial charge in [0.05, 0.1) is 16.8 Å². The Balaban J connectivity index is 2.11. The number of hydrogen-bond acceptors (Lipinski definition) is 6. The molecule has 2 amide bonds. The van der Waals surface area contributed by atoms with E-state index >= 15 is 0 Å². The number of nitro groups is 1. The molecule has 1 heterocycles. The lowest BCUT2D eigenvalue weighted by molar-refractivity contribution is -0.384. The van der Waals surface area contributed by atoms with Gasteiger partial charge in [0.1, 0.15) is 5.75 Å². The summed E-state index contributed by atoms with van der Waals surface area (Å²) in [6.45, 7) is 0. The molecule has 0 unspecified atom stereocenters. The van der Waals surface area contributed by atoms with Crippen molar-refractivity contribution >= 4 is 23.2 Å². The summed E-state index contributed by atoms with van der Waals surface area (Å²) in [6.07, 6.45) is 4.16. The predicted octanol–water partition coefficient (Wildman–Crippen LogP) is 1.73. The molecule has 0 saturated carbocycles. The van der Waals surface area contributed by atoms with E-state index in [1.165, 1.54) is 18.6 Å². The van der Waals surface area contributed by atoms with Crippen molar-refractivity contribution in [2.75, 3.05) is 10.6 Å². The molecule has 0 saturated heterocycles. The summed E-state index contributed by atoms with van der Waals surface area (Å²) in [7, 11) is 0. The predicted molar refractivity (Wildman–Crippen MR) is 69.4 cm³/mol. The molecule has 0 fully saturated rings. The first-order chi connectivity index (χ1) is 9.56. The highest BCUT2D eigenvalue weighted by Crippen LogP contribution is 2.27. The number of carbonyl (C=O) groups excluding carboxylic acids is 1. The van der Waals surface area contributed by atoms with Crippen LogP contribution < -0.4 is 10.6 Å². The average molecular weight is 275 g/mol. The van der Waals surface area contributed by atoms with Gasteiger partial charge in [0, 0.05) is 24.5 Å². The first kappa shape index (κ1) is 13.2. The summed E-state index contributed by atoms with van der Waals surface area (Å²) >= 11 is 0. The monoisotopic (exact) mass is 275 g/mol. The molecule has 1 aromatic carbocycles. The fourth-order valence-electron chi connectivity index (χ4n) is 1.37. The lowest BCUT2D eigenvalue weighted by Gasteiger charge is -2.07. The van der Waals surface area contributed by atoms with Gasteiger partial charge in [-0.05, 0) is 6.07 Å². The first-order valence-corrected chi connectivity index (χ1v) is 5.37. The van der Waals surface area contributed by atoms with Crippen molar-refractivity contribution in [2.45, 2.75) is 0 Å². The lowest BCUT2D eigenvalue weighted by atomic mass is 10.2. The van der Waals surface area contributed by atoms with Crippen LogP contribution in [0.2, 0.25) is 0 Å². The zero-order valence-corrected chi connectivity index (χ0v) is 9.98. The fourth-order valence-corrected chi connectivity index (χ4v) is 1.37. The van der Waals surface area contributed by atoms with E-state index in [1.807, 2.05) is 0 Å². The summed E-state index contributed by atoms with van der Waals surface area (Å²) in [6, 6.07) is 2.59. The second-order valence-corrected chi connectivity index (χ2v) is 3.63. The first-order valence-electron chi connectivity index (χ1n) is 5.37. The molecular weight excluding hydrogens is 266 g/mol. The molecule has 0 radical (unpaired) electrons. The van der Waals surface area contributed by atoms with Crippen molar-refractivity contribution in [1.82, 2.24) is 9.97 Å². The maximum Gasteiger partial charge on any atom is 0.325 e. The molecule has 0 atom stereocenters. The Kier molecular flexibility index (Phi) is 3.70. The highest BCUT2D eigenvalue weighted by Gasteiger charge is 2.12. The fraction of sp³-hybridized carbons (Fsp3) is 0. The van der Waals surface area contributed by atoms with E-state index < -0.39 is 11.0 Å². The minimum Gasteiger partial charge on any atom is -0.506 e. The largest absolute Gasteiger partial charge is 0.506 e. The molecular formula is C11H9N5O4. The second-order valence-electron chi connectivity index (χ2n) is 3.63. The zero-order valence-electron chi connectivity index (χ0n) is 9.98. The molecule has 0 aliphatic heterocycles. The zero-order chi connectivity index (χ0) is 14.5. The highest BCUT2D eigenvalue weighted by atomic mass is 16.6. The molecule has 3 N–H and O–H groups in total. The number of nitro benzene ring substituents is 1. The molecule has 2 rings (SSSR count). The van der Waals surface area contributed by atoms with Crippen molar-refractivity contribution in [3.05, 3.63) is 46.9 Å². The number of rotatable bonds is 3. The smallest absolute Gasteiger partial charge is 0.325 e. The van der Waals surface area contributed by atoms with Crippen LogP contribution in [0.1, 0.15) is 0 Å². The van der Waals surface area contributed by atoms with Crippen LogP contribution in [-0.2, 0) is 0 Å². The van der Waals surface area contributed by atoms with E-state index in [0.717, 1.165) is 18.2 Å². The third-order valence-corrected chi connectivity index (χ3v) is 2.24. The summed E-state index contributed by atoms with van der Waals surface area (Å²) in [5.74, 6) is -0.0835. The van der Waals surface area contributed by atoms with Gasteiger partial charge in [-0.25, -0.2) is 9.78 Å². The van der Waals surface area contributed by atoms with Crippen LogP contribution in [0.25, 0.3) is 0 Å². The summed E-state index contributed by atoms with van der Waals surface area (Å²) < 4.78 is 0. The van der Waals surface area contributed by atoms with Gasteiger partial charge in [-0.15, -0.1) is 0 Å². The van der Waals surface area contributed by atoms with Gasteiger partial charge in [0.2, 0.25) is 0 Å². The SMILES string of the molecule is O=C(Nc1cnccn1)Nc1cc([N+](=O)[O-])ccc1O. The molecule has 1 aromatic heterocycles. The van der Waals surface area contributed by atoms with Gasteiger partial charge in [0.15, 0.2) is 5.82 Å². The minimum atomic E-state index is -0.707. The lowest BCUT2D eigenvalue weighted by Crippen LogP contribution is -2.20. The maximum absolute atomic E-state index is 11.6. The van der Waals surface area contributed by atoms with Crippen LogP contribution in [0.4, 0.5) is 22.0 Å². The number of nitrogens with zero attached hydrogens (tertiary/aromatic N) is 3. The number of nitrogens with one attached hydrogen (secondary N) is 2. The number of carbonyl (C=O) groups is 1. The Bertz CT molecular complexity index is 647. The molecule has 0 aliphatic carbocycles. The van der Waals surface area contributed by atoms with Gasteiger partial charge in [-0.1, -0.05) is 0 Å². The molecule has 0 aliphatic rings. The van der Waals surface area contributed by atoms with E-state index in [4.69, 9.17) is 0 Å². The van der Waals surface area contributed by atoms with Crippen molar-refractivity contribution in [3.8, 4) is 5.75 Å². The van der Waals surface area contributed by atoms with Crippen molar-refractivity contribution in [1.29, 1.82) is 0 Å². The number of amides is 2. The van der Waals surface area contributed by atoms with Crippen LogP contribution in [-0.4, -0.2) is 26.0 Å². The summed E-state index contributed by atoms with van der Waals surface area (Å²) in [4.78, 5) is 29.2. The Hall–Kier alpha value is -3.23. The molecule has 9 heteroatoms. The Morgan fingerprint density at radius 2 is 2.10 bits per heavy atom. The number of non-ortho nitro benzene ring substituents is 1. The number of anilines is 2. The topological polar surface area (TPSA) is 130 Å². The van der Waals surface area contributed by atoms with E-state index in [2.05, 4.69) is 20.6 Å². The van der Waals surface area contributed by atoms with E-state index in [0.29, 0.717) is 0 Å². The van der Waals surface area contributed by atoms with Gasteiger partial charge in [-0.3, -0.25) is 20.4 Å². The number of urea groups is 1. The Morgan fingerprint density at radius 1 is 1.30 bits per heavy atom. The number of hydrogen-bond donors (Lipinski definition) is 3. The third kappa shape index (κ3) is 3.16. The molecule has 9 nitrogen and oxygen atoms in total. The third-order valence-electron chi connectivity index (χ3n) is 2.24. The van der Waals surface area contributed by atoms with Crippen LogP contribution >= 0.6 is 0 Å². The second kappa shape index (κ2) is 5.61. The number of phenols is 1. The number of phenolic OH excluding ortho intramolecular Hbond substituents is 1. The van der Waals surface area contributed by atoms with E-state index in [1.54, 1.807) is 0 Å². The average Bonchev–Trinajstić information content (AvgIpc) is 2.42. The number of aromatic hydroxyl groups is 1. The minimum absolute atomic E-state index is 0.0828. The van der Waals surface area contributed by atoms with Crippen LogP contribution in [0, 0.1) is 10.1 Å². The van der Waals surface area contributed by atoms with Gasteiger partial charge in [-0.2, -0.15) is 0 Å². The van der Waals surface area contributed by atoms with E-state index in [-0.39, 0.29) is 22.9 Å². The molecule has 102 valence electrons. The number of benzene rings is 1. The maximum atomic E-state index is 11.6. The van der Waals surface area contributed by atoms with Crippen LogP contribution in [0.3, 0.4) is 0 Å². The summed E-state index contributed by atoms with van der Waals surface area (Å²) in [5.41, 5.74) is -0.335. The standard InChI is InChI=1S/C11H9N5O4/c17-9-2-1-7(16(19)20)5-8(9)14-11(18)15-10-6-12-3-4-13-10/h1-6,17H,(H2,13,14,15,18). The van der Waals surface area contributed by atoms with Gasteiger partial charge < -0.3 is 10.4 Å². The van der Waals surface area contributed by atoms with E-state index in [9.17, 15) is 20.0 Å². The van der Waals surface area contributed by atoms with Crippen LogP contribution in [0.5, 0.6) is 5.75 Å². The Labute approximate surface area is 112 Å². The summed E-state index contributed by atoms with van der Waals surface area (Å²) in [5, 5.41) is 24.8. The molecule has 20 heavy (non-hydrogen) atoms. The highest BCUT2D eigenvalue weighted by molar-refractivity contribution is 6.00. The molecule has 0 spiro atoms. The Morgan fingerprint density at radius 3 is 2.75 bits per heavy atom. The molecule has 0 bridgehead atoms. The van der Waals surface area contributed by atoms with Crippen LogP contribution in [0.15, 0.2) is 36.8 Å². The van der Waals surface area contributed by atoms with Gasteiger partial charge in [0.25, 0.3) is 5.69 Å². The van der Waals surface area contributed by atoms with Crippen molar-refractivity contribution in [3.63, 3.8) is 0 Å². The van der Waals surface area contributed by atoms with Gasteiger partial charge >= 0.3 is 6.03 Å². The van der Waals surface area contributed by atoms with Crippen molar-refractivity contribution in [2.24, 2.45) is 0 Å². The molecule has 2 aromatic rings. The van der Waals surface area contributed by atoms with Crippen molar-refractivity contribution < 1.29 is 14.8 Å².